The first-order chi connectivity index (χ1) is 10.9. The summed E-state index contributed by atoms with van der Waals surface area (Å²) in [6.45, 7) is 4.16. The third-order valence-electron chi connectivity index (χ3n) is 3.80. The molecule has 0 atom stereocenters. The van der Waals surface area contributed by atoms with Gasteiger partial charge in [-0.1, -0.05) is 18.2 Å². The summed E-state index contributed by atoms with van der Waals surface area (Å²) in [7, 11) is 0. The highest BCUT2D eigenvalue weighted by molar-refractivity contribution is 5.50. The highest BCUT2D eigenvalue weighted by Crippen LogP contribution is 2.21. The molecule has 0 amide bonds. The summed E-state index contributed by atoms with van der Waals surface area (Å²) in [5.74, 6) is 1.69. The lowest BCUT2D eigenvalue weighted by Crippen LogP contribution is -2.46. The first-order valence-corrected chi connectivity index (χ1v) is 7.61. The van der Waals surface area contributed by atoms with E-state index in [-0.39, 0.29) is 6.61 Å². The summed E-state index contributed by atoms with van der Waals surface area (Å²) in [5.41, 5.74) is 1.27. The Balaban J connectivity index is 1.61. The highest BCUT2D eigenvalue weighted by Gasteiger charge is 2.18. The zero-order valence-electron chi connectivity index (χ0n) is 12.6. The Morgan fingerprint density at radius 1 is 1.00 bits per heavy atom. The summed E-state index contributed by atoms with van der Waals surface area (Å²) in [6, 6.07) is 14.2. The van der Waals surface area contributed by atoms with Crippen LogP contribution in [0.4, 0.5) is 11.5 Å². The van der Waals surface area contributed by atoms with Crippen LogP contribution in [0.3, 0.4) is 0 Å². The smallest absolute Gasteiger partial charge is 0.132 e. The Labute approximate surface area is 130 Å². The molecular formula is C17H21N3O2. The largest absolute Gasteiger partial charge is 0.491 e. The van der Waals surface area contributed by atoms with Crippen LogP contribution in [0.1, 0.15) is 0 Å². The van der Waals surface area contributed by atoms with E-state index in [4.69, 9.17) is 9.84 Å². The lowest BCUT2D eigenvalue weighted by atomic mass is 10.2. The SMILES string of the molecule is OCCOc1ccnc(N2CCN(c3ccccc3)CC2)c1. The summed E-state index contributed by atoms with van der Waals surface area (Å²) >= 11 is 0. The molecule has 2 aromatic rings. The Kier molecular flexibility index (Phi) is 4.75. The molecule has 1 saturated heterocycles. The molecule has 1 aromatic heterocycles. The van der Waals surface area contributed by atoms with Gasteiger partial charge >= 0.3 is 0 Å². The Bertz CT molecular complexity index is 583. The first kappa shape index (κ1) is 14.7. The van der Waals surface area contributed by atoms with Crippen LogP contribution < -0.4 is 14.5 Å². The van der Waals surface area contributed by atoms with Gasteiger partial charge in [-0.15, -0.1) is 0 Å². The summed E-state index contributed by atoms with van der Waals surface area (Å²) in [5, 5.41) is 8.83. The second-order valence-corrected chi connectivity index (χ2v) is 5.23. The van der Waals surface area contributed by atoms with Crippen molar-refractivity contribution in [2.75, 3.05) is 49.2 Å². The van der Waals surface area contributed by atoms with E-state index >= 15 is 0 Å². The number of benzene rings is 1. The highest BCUT2D eigenvalue weighted by atomic mass is 16.5. The van der Waals surface area contributed by atoms with E-state index < -0.39 is 0 Å². The third-order valence-corrected chi connectivity index (χ3v) is 3.80. The second kappa shape index (κ2) is 7.13. The molecule has 0 bridgehead atoms. The number of piperazine rings is 1. The zero-order valence-corrected chi connectivity index (χ0v) is 12.6. The van der Waals surface area contributed by atoms with Crippen molar-refractivity contribution < 1.29 is 9.84 Å². The van der Waals surface area contributed by atoms with Gasteiger partial charge in [0.1, 0.15) is 18.2 Å². The molecule has 0 unspecified atom stereocenters. The average Bonchev–Trinajstić information content (AvgIpc) is 2.61. The number of pyridine rings is 1. The normalized spacial score (nSPS) is 15.0. The van der Waals surface area contributed by atoms with Gasteiger partial charge in [-0.05, 0) is 18.2 Å². The van der Waals surface area contributed by atoms with Gasteiger partial charge in [0.25, 0.3) is 0 Å². The molecule has 1 aliphatic rings. The fraction of sp³-hybridized carbons (Fsp3) is 0.353. The number of ether oxygens (including phenoxy) is 1. The molecule has 0 spiro atoms. The maximum Gasteiger partial charge on any atom is 0.132 e. The van der Waals surface area contributed by atoms with Crippen molar-refractivity contribution in [1.82, 2.24) is 4.98 Å². The molecule has 0 saturated carbocycles. The number of hydrogen-bond donors (Lipinski definition) is 1. The van der Waals surface area contributed by atoms with Crippen LogP contribution in [0.15, 0.2) is 48.7 Å². The summed E-state index contributed by atoms with van der Waals surface area (Å²) in [6.07, 6.45) is 1.76. The van der Waals surface area contributed by atoms with Crippen LogP contribution in [0, 0.1) is 0 Å². The number of nitrogens with zero attached hydrogens (tertiary/aromatic N) is 3. The molecule has 22 heavy (non-hydrogen) atoms. The maximum atomic E-state index is 8.83. The van der Waals surface area contributed by atoms with E-state index in [9.17, 15) is 0 Å². The topological polar surface area (TPSA) is 48.8 Å². The molecule has 3 rings (SSSR count). The van der Waals surface area contributed by atoms with Gasteiger partial charge in [0.15, 0.2) is 0 Å². The summed E-state index contributed by atoms with van der Waals surface area (Å²) in [4.78, 5) is 9.09. The lowest BCUT2D eigenvalue weighted by Gasteiger charge is -2.36. The number of anilines is 2. The Morgan fingerprint density at radius 3 is 2.45 bits per heavy atom. The Morgan fingerprint density at radius 2 is 1.73 bits per heavy atom. The van der Waals surface area contributed by atoms with Crippen LogP contribution in [0.25, 0.3) is 0 Å². The van der Waals surface area contributed by atoms with Gasteiger partial charge in [0, 0.05) is 44.1 Å². The minimum Gasteiger partial charge on any atom is -0.491 e. The van der Waals surface area contributed by atoms with Crippen LogP contribution in [0.2, 0.25) is 0 Å². The van der Waals surface area contributed by atoms with Crippen LogP contribution in [0.5, 0.6) is 5.75 Å². The maximum absolute atomic E-state index is 8.83. The van der Waals surface area contributed by atoms with Crippen molar-refractivity contribution >= 4 is 11.5 Å². The second-order valence-electron chi connectivity index (χ2n) is 5.23. The molecule has 0 aliphatic carbocycles. The minimum absolute atomic E-state index is 0.0212. The van der Waals surface area contributed by atoms with E-state index in [1.165, 1.54) is 5.69 Å². The van der Waals surface area contributed by atoms with E-state index in [0.29, 0.717) is 6.61 Å². The first-order valence-electron chi connectivity index (χ1n) is 7.61. The monoisotopic (exact) mass is 299 g/mol. The van der Waals surface area contributed by atoms with Crippen molar-refractivity contribution in [3.05, 3.63) is 48.7 Å². The molecule has 0 radical (unpaired) electrons. The van der Waals surface area contributed by atoms with Crippen molar-refractivity contribution in [3.8, 4) is 5.75 Å². The predicted molar refractivity (Wildman–Crippen MR) is 87.7 cm³/mol. The van der Waals surface area contributed by atoms with Gasteiger partial charge < -0.3 is 19.6 Å². The fourth-order valence-electron chi connectivity index (χ4n) is 2.66. The van der Waals surface area contributed by atoms with Crippen LogP contribution in [-0.4, -0.2) is 49.5 Å². The van der Waals surface area contributed by atoms with Gasteiger partial charge in [-0.25, -0.2) is 4.98 Å². The Hall–Kier alpha value is -2.27. The van der Waals surface area contributed by atoms with E-state index in [1.54, 1.807) is 6.20 Å². The lowest BCUT2D eigenvalue weighted by molar-refractivity contribution is 0.201. The minimum atomic E-state index is 0.0212. The number of para-hydroxylation sites is 1. The van der Waals surface area contributed by atoms with E-state index in [0.717, 1.165) is 37.7 Å². The molecule has 116 valence electrons. The van der Waals surface area contributed by atoms with Crippen molar-refractivity contribution in [3.63, 3.8) is 0 Å². The summed E-state index contributed by atoms with van der Waals surface area (Å²) < 4.78 is 5.45. The van der Waals surface area contributed by atoms with Gasteiger partial charge in [-0.3, -0.25) is 0 Å². The third kappa shape index (κ3) is 3.49. The molecule has 5 nitrogen and oxygen atoms in total. The zero-order chi connectivity index (χ0) is 15.2. The standard InChI is InChI=1S/C17H21N3O2/c21-12-13-22-16-6-7-18-17(14-16)20-10-8-19(9-11-20)15-4-2-1-3-5-15/h1-7,14,21H,8-13H2. The molecule has 5 heteroatoms. The van der Waals surface area contributed by atoms with Crippen molar-refractivity contribution in [1.29, 1.82) is 0 Å². The number of aliphatic hydroxyl groups excluding tert-OH is 1. The molecule has 1 aliphatic heterocycles. The van der Waals surface area contributed by atoms with E-state index in [1.807, 2.05) is 18.2 Å². The van der Waals surface area contributed by atoms with Gasteiger partial charge in [-0.2, -0.15) is 0 Å². The van der Waals surface area contributed by atoms with Gasteiger partial charge in [0.2, 0.25) is 0 Å². The molecule has 2 heterocycles. The van der Waals surface area contributed by atoms with Crippen LogP contribution >= 0.6 is 0 Å². The number of hydrogen-bond acceptors (Lipinski definition) is 5. The average molecular weight is 299 g/mol. The van der Waals surface area contributed by atoms with Gasteiger partial charge in [0.05, 0.1) is 6.61 Å². The quantitative estimate of drug-likeness (QED) is 0.912. The van der Waals surface area contributed by atoms with E-state index in [2.05, 4.69) is 39.0 Å². The van der Waals surface area contributed by atoms with Crippen molar-refractivity contribution in [2.24, 2.45) is 0 Å². The molecule has 1 N–H and O–H groups in total. The molecule has 1 aromatic carbocycles. The number of rotatable bonds is 5. The number of aliphatic hydroxyl groups is 1. The fourth-order valence-corrected chi connectivity index (χ4v) is 2.66. The molecule has 1 fully saturated rings. The predicted octanol–water partition coefficient (Wildman–Crippen LogP) is 1.78. The molecular weight excluding hydrogens is 278 g/mol. The van der Waals surface area contributed by atoms with Crippen LogP contribution in [-0.2, 0) is 0 Å². The number of aromatic nitrogens is 1. The van der Waals surface area contributed by atoms with Crippen molar-refractivity contribution in [2.45, 2.75) is 0 Å².